The summed E-state index contributed by atoms with van der Waals surface area (Å²) in [4.78, 5) is 24.0. The molecular formula is C14H24N2O4. The molecule has 1 aliphatic heterocycles. The summed E-state index contributed by atoms with van der Waals surface area (Å²) in [5.41, 5.74) is 1.24. The number of aliphatic carboxylic acids is 1. The SMILES string of the molecule is COCC1=CCN(C(=O)NCCCCCC(=O)O)CC1. The number of hydrogen-bond donors (Lipinski definition) is 2. The number of methoxy groups -OCH3 is 1. The lowest BCUT2D eigenvalue weighted by Crippen LogP contribution is -2.42. The molecule has 0 aromatic carbocycles. The van der Waals surface area contributed by atoms with Gasteiger partial charge in [-0.3, -0.25) is 4.79 Å². The van der Waals surface area contributed by atoms with E-state index >= 15 is 0 Å². The third kappa shape index (κ3) is 6.56. The first-order valence-corrected chi connectivity index (χ1v) is 7.05. The predicted octanol–water partition coefficient (Wildman–Crippen LogP) is 1.62. The standard InChI is InChI=1S/C14H24N2O4/c1-20-11-12-6-9-16(10-7-12)14(19)15-8-4-2-3-5-13(17)18/h6H,2-5,7-11H2,1H3,(H,15,19)(H,17,18). The number of nitrogens with one attached hydrogen (secondary N) is 1. The van der Waals surface area contributed by atoms with Crippen LogP contribution in [0.2, 0.25) is 0 Å². The number of hydrogen-bond acceptors (Lipinski definition) is 3. The van der Waals surface area contributed by atoms with Gasteiger partial charge in [-0.1, -0.05) is 12.5 Å². The third-order valence-electron chi connectivity index (χ3n) is 3.26. The normalized spacial score (nSPS) is 14.8. The molecule has 0 aromatic heterocycles. The first-order valence-electron chi connectivity index (χ1n) is 7.05. The lowest BCUT2D eigenvalue weighted by Gasteiger charge is -2.26. The van der Waals surface area contributed by atoms with Crippen LogP contribution in [0, 0.1) is 0 Å². The second kappa shape index (κ2) is 9.36. The summed E-state index contributed by atoms with van der Waals surface area (Å²) in [6.45, 7) is 2.59. The highest BCUT2D eigenvalue weighted by Crippen LogP contribution is 2.10. The third-order valence-corrected chi connectivity index (χ3v) is 3.26. The van der Waals surface area contributed by atoms with E-state index in [9.17, 15) is 9.59 Å². The summed E-state index contributed by atoms with van der Waals surface area (Å²) in [6.07, 6.45) is 5.41. The van der Waals surface area contributed by atoms with Gasteiger partial charge in [0.25, 0.3) is 0 Å². The van der Waals surface area contributed by atoms with Gasteiger partial charge in [0, 0.05) is 33.2 Å². The van der Waals surface area contributed by atoms with Gasteiger partial charge in [0.1, 0.15) is 0 Å². The van der Waals surface area contributed by atoms with Crippen LogP contribution in [0.25, 0.3) is 0 Å². The van der Waals surface area contributed by atoms with Gasteiger partial charge in [-0.05, 0) is 24.8 Å². The van der Waals surface area contributed by atoms with E-state index < -0.39 is 5.97 Å². The first kappa shape index (κ1) is 16.5. The van der Waals surface area contributed by atoms with Crippen molar-refractivity contribution in [3.63, 3.8) is 0 Å². The summed E-state index contributed by atoms with van der Waals surface area (Å²) >= 11 is 0. The van der Waals surface area contributed by atoms with Crippen LogP contribution in [0.3, 0.4) is 0 Å². The van der Waals surface area contributed by atoms with Gasteiger partial charge < -0.3 is 20.1 Å². The number of rotatable bonds is 8. The van der Waals surface area contributed by atoms with Crippen LogP contribution in [-0.2, 0) is 9.53 Å². The Morgan fingerprint density at radius 1 is 1.40 bits per heavy atom. The molecule has 0 aliphatic carbocycles. The van der Waals surface area contributed by atoms with Gasteiger partial charge in [0.2, 0.25) is 0 Å². The lowest BCUT2D eigenvalue weighted by atomic mass is 10.1. The number of carboxylic acid groups (broad SMARTS) is 1. The lowest BCUT2D eigenvalue weighted by molar-refractivity contribution is -0.137. The van der Waals surface area contributed by atoms with Crippen LogP contribution in [-0.4, -0.2) is 55.4 Å². The van der Waals surface area contributed by atoms with Gasteiger partial charge in [0.05, 0.1) is 6.61 Å². The van der Waals surface area contributed by atoms with Crippen molar-refractivity contribution in [3.05, 3.63) is 11.6 Å². The first-order chi connectivity index (χ1) is 9.63. The van der Waals surface area contributed by atoms with E-state index in [2.05, 4.69) is 5.32 Å². The minimum atomic E-state index is -0.763. The molecule has 1 rings (SSSR count). The summed E-state index contributed by atoms with van der Waals surface area (Å²) in [7, 11) is 1.67. The molecule has 1 aliphatic rings. The fourth-order valence-corrected chi connectivity index (χ4v) is 2.10. The molecule has 0 radical (unpaired) electrons. The highest BCUT2D eigenvalue weighted by atomic mass is 16.5. The number of amides is 2. The molecule has 2 amide bonds. The van der Waals surface area contributed by atoms with Gasteiger partial charge in [-0.2, -0.15) is 0 Å². The summed E-state index contributed by atoms with van der Waals surface area (Å²) < 4.78 is 5.07. The van der Waals surface area contributed by atoms with Crippen molar-refractivity contribution in [1.82, 2.24) is 10.2 Å². The van der Waals surface area contributed by atoms with Gasteiger partial charge in [0.15, 0.2) is 0 Å². The minimum absolute atomic E-state index is 0.0454. The Morgan fingerprint density at radius 2 is 2.20 bits per heavy atom. The summed E-state index contributed by atoms with van der Waals surface area (Å²) in [6, 6.07) is -0.0454. The zero-order valence-corrected chi connectivity index (χ0v) is 12.1. The average molecular weight is 284 g/mol. The zero-order chi connectivity index (χ0) is 14.8. The topological polar surface area (TPSA) is 78.9 Å². The van der Waals surface area contributed by atoms with E-state index in [1.54, 1.807) is 12.0 Å². The molecule has 0 saturated heterocycles. The van der Waals surface area contributed by atoms with E-state index in [4.69, 9.17) is 9.84 Å². The van der Waals surface area contributed by atoms with Gasteiger partial charge in [-0.15, -0.1) is 0 Å². The second-order valence-electron chi connectivity index (χ2n) is 4.93. The molecule has 6 heteroatoms. The number of unbranched alkanes of at least 4 members (excludes halogenated alkanes) is 2. The molecule has 114 valence electrons. The van der Waals surface area contributed by atoms with Crippen molar-refractivity contribution < 1.29 is 19.4 Å². The van der Waals surface area contributed by atoms with E-state index in [1.165, 1.54) is 5.57 Å². The van der Waals surface area contributed by atoms with Crippen molar-refractivity contribution in [2.45, 2.75) is 32.1 Å². The molecule has 1 heterocycles. The largest absolute Gasteiger partial charge is 0.481 e. The van der Waals surface area contributed by atoms with Gasteiger partial charge >= 0.3 is 12.0 Å². The molecule has 0 spiro atoms. The van der Waals surface area contributed by atoms with Crippen molar-refractivity contribution in [2.24, 2.45) is 0 Å². The van der Waals surface area contributed by atoms with Crippen LogP contribution in [0.5, 0.6) is 0 Å². The monoisotopic (exact) mass is 284 g/mol. The molecule has 0 atom stereocenters. The van der Waals surface area contributed by atoms with Crippen LogP contribution >= 0.6 is 0 Å². The number of carboxylic acids is 1. The summed E-state index contributed by atoms with van der Waals surface area (Å²) in [5.74, 6) is -0.763. The number of nitrogens with zero attached hydrogens (tertiary/aromatic N) is 1. The quantitative estimate of drug-likeness (QED) is 0.524. The van der Waals surface area contributed by atoms with Crippen molar-refractivity contribution in [3.8, 4) is 0 Å². The molecule has 0 bridgehead atoms. The van der Waals surface area contributed by atoms with E-state index in [0.29, 0.717) is 26.1 Å². The fourth-order valence-electron chi connectivity index (χ4n) is 2.10. The Morgan fingerprint density at radius 3 is 2.80 bits per heavy atom. The molecule has 0 unspecified atom stereocenters. The Bertz CT molecular complexity index is 355. The van der Waals surface area contributed by atoms with Crippen LogP contribution in [0.15, 0.2) is 11.6 Å². The van der Waals surface area contributed by atoms with Crippen molar-refractivity contribution in [2.75, 3.05) is 33.4 Å². The minimum Gasteiger partial charge on any atom is -0.481 e. The highest BCUT2D eigenvalue weighted by molar-refractivity contribution is 5.74. The Kier molecular flexibility index (Phi) is 7.72. The molecule has 6 nitrogen and oxygen atoms in total. The number of carbonyl (C=O) groups excluding carboxylic acids is 1. The van der Waals surface area contributed by atoms with Gasteiger partial charge in [-0.25, -0.2) is 4.79 Å². The van der Waals surface area contributed by atoms with Crippen molar-refractivity contribution in [1.29, 1.82) is 0 Å². The maximum Gasteiger partial charge on any atom is 0.317 e. The number of carbonyl (C=O) groups is 2. The Labute approximate surface area is 119 Å². The molecule has 20 heavy (non-hydrogen) atoms. The van der Waals surface area contributed by atoms with Crippen LogP contribution in [0.4, 0.5) is 4.79 Å². The molecular weight excluding hydrogens is 260 g/mol. The molecule has 2 N–H and O–H groups in total. The predicted molar refractivity (Wildman–Crippen MR) is 75.7 cm³/mol. The van der Waals surface area contributed by atoms with Crippen LogP contribution in [0.1, 0.15) is 32.1 Å². The van der Waals surface area contributed by atoms with E-state index in [1.807, 2.05) is 6.08 Å². The maximum absolute atomic E-state index is 11.9. The summed E-state index contributed by atoms with van der Waals surface area (Å²) in [5, 5.41) is 11.4. The average Bonchev–Trinajstić information content (AvgIpc) is 2.43. The molecule has 0 saturated carbocycles. The smallest absolute Gasteiger partial charge is 0.317 e. The zero-order valence-electron chi connectivity index (χ0n) is 12.1. The number of ether oxygens (including phenoxy) is 1. The maximum atomic E-state index is 11.9. The molecule has 0 aromatic rings. The second-order valence-corrected chi connectivity index (χ2v) is 4.93. The van der Waals surface area contributed by atoms with E-state index in [-0.39, 0.29) is 12.5 Å². The van der Waals surface area contributed by atoms with Crippen molar-refractivity contribution >= 4 is 12.0 Å². The fraction of sp³-hybridized carbons (Fsp3) is 0.714. The number of urea groups is 1. The Hall–Kier alpha value is -1.56. The Balaban J connectivity index is 2.10. The van der Waals surface area contributed by atoms with E-state index in [0.717, 1.165) is 25.8 Å². The van der Waals surface area contributed by atoms with Crippen LogP contribution < -0.4 is 5.32 Å². The highest BCUT2D eigenvalue weighted by Gasteiger charge is 2.16. The molecule has 0 fully saturated rings.